The first-order chi connectivity index (χ1) is 6.63. The van der Waals surface area contributed by atoms with Crippen LogP contribution in [-0.2, 0) is 6.42 Å². The van der Waals surface area contributed by atoms with E-state index < -0.39 is 5.97 Å². The van der Waals surface area contributed by atoms with Gasteiger partial charge in [-0.05, 0) is 13.3 Å². The molecule has 4 nitrogen and oxygen atoms in total. The van der Waals surface area contributed by atoms with Gasteiger partial charge in [0, 0.05) is 11.1 Å². The van der Waals surface area contributed by atoms with Gasteiger partial charge in [0.1, 0.15) is 0 Å². The molecule has 0 fully saturated rings. The number of aryl methyl sites for hydroxylation is 2. The van der Waals surface area contributed by atoms with Gasteiger partial charge in [-0.2, -0.15) is 0 Å². The number of aromatic nitrogens is 2. The molecule has 0 unspecified atom stereocenters. The lowest BCUT2D eigenvalue weighted by Gasteiger charge is -1.94. The summed E-state index contributed by atoms with van der Waals surface area (Å²) in [6.45, 7) is 3.85. The minimum absolute atomic E-state index is 0.298. The molecule has 0 aliphatic heterocycles. The van der Waals surface area contributed by atoms with Crippen molar-refractivity contribution >= 4 is 22.3 Å². The van der Waals surface area contributed by atoms with E-state index in [1.165, 1.54) is 11.3 Å². The van der Waals surface area contributed by atoms with Gasteiger partial charge in [0.2, 0.25) is 0 Å². The highest BCUT2D eigenvalue weighted by Gasteiger charge is 2.18. The Bertz CT molecular complexity index is 498. The molecule has 2 aromatic heterocycles. The third-order valence-corrected chi connectivity index (χ3v) is 2.95. The Kier molecular flexibility index (Phi) is 2.03. The predicted octanol–water partition coefficient (Wildman–Crippen LogP) is 1.96. The average Bonchev–Trinajstić information content (AvgIpc) is 2.58. The highest BCUT2D eigenvalue weighted by atomic mass is 32.1. The maximum absolute atomic E-state index is 11.0. The summed E-state index contributed by atoms with van der Waals surface area (Å²) in [5.41, 5.74) is 0.954. The average molecular weight is 210 g/mol. The van der Waals surface area contributed by atoms with Crippen LogP contribution in [0.2, 0.25) is 0 Å². The molecule has 2 rings (SSSR count). The van der Waals surface area contributed by atoms with E-state index in [9.17, 15) is 4.79 Å². The minimum Gasteiger partial charge on any atom is -0.477 e. The fourth-order valence-electron chi connectivity index (χ4n) is 1.47. The topological polar surface area (TPSA) is 54.6 Å². The van der Waals surface area contributed by atoms with Crippen LogP contribution >= 0.6 is 11.3 Å². The van der Waals surface area contributed by atoms with Gasteiger partial charge in [-0.25, -0.2) is 9.78 Å². The number of fused-ring (bicyclic) bond motifs is 1. The summed E-state index contributed by atoms with van der Waals surface area (Å²) < 4.78 is 1.65. The van der Waals surface area contributed by atoms with Crippen LogP contribution in [-0.4, -0.2) is 20.5 Å². The van der Waals surface area contributed by atoms with Gasteiger partial charge in [-0.15, -0.1) is 11.3 Å². The molecule has 0 saturated carbocycles. The van der Waals surface area contributed by atoms with Crippen LogP contribution in [0.15, 0.2) is 6.20 Å². The second kappa shape index (κ2) is 3.09. The van der Waals surface area contributed by atoms with Gasteiger partial charge in [0.15, 0.2) is 10.7 Å². The van der Waals surface area contributed by atoms with E-state index in [0.717, 1.165) is 9.84 Å². The monoisotopic (exact) mass is 210 g/mol. The number of hydrogen-bond donors (Lipinski definition) is 1. The van der Waals surface area contributed by atoms with Crippen molar-refractivity contribution in [1.82, 2.24) is 9.38 Å². The highest BCUT2D eigenvalue weighted by molar-refractivity contribution is 7.17. The number of rotatable bonds is 2. The number of imidazole rings is 1. The van der Waals surface area contributed by atoms with E-state index in [2.05, 4.69) is 4.98 Å². The second-order valence-electron chi connectivity index (χ2n) is 3.06. The van der Waals surface area contributed by atoms with Crippen LogP contribution in [0.4, 0.5) is 0 Å². The van der Waals surface area contributed by atoms with Crippen LogP contribution in [0.3, 0.4) is 0 Å². The molecule has 0 spiro atoms. The zero-order chi connectivity index (χ0) is 10.3. The Balaban J connectivity index is 2.77. The highest BCUT2D eigenvalue weighted by Crippen LogP contribution is 2.21. The fraction of sp³-hybridized carbons (Fsp3) is 0.333. The van der Waals surface area contributed by atoms with Crippen molar-refractivity contribution < 1.29 is 9.90 Å². The first kappa shape index (κ1) is 9.21. The number of carboxylic acid groups (broad SMARTS) is 1. The largest absolute Gasteiger partial charge is 0.477 e. The molecule has 0 aliphatic rings. The summed E-state index contributed by atoms with van der Waals surface area (Å²) >= 11 is 1.51. The minimum atomic E-state index is -0.910. The molecule has 1 N–H and O–H groups in total. The Morgan fingerprint density at radius 3 is 3.00 bits per heavy atom. The third kappa shape index (κ3) is 1.21. The summed E-state index contributed by atoms with van der Waals surface area (Å²) in [5.74, 6) is -0.910. The van der Waals surface area contributed by atoms with E-state index in [1.54, 1.807) is 4.40 Å². The Morgan fingerprint density at radius 1 is 1.71 bits per heavy atom. The lowest BCUT2D eigenvalue weighted by molar-refractivity contribution is 0.0688. The first-order valence-corrected chi connectivity index (χ1v) is 5.15. The van der Waals surface area contributed by atoms with Crippen molar-refractivity contribution in [2.75, 3.05) is 0 Å². The van der Waals surface area contributed by atoms with Crippen molar-refractivity contribution in [3.8, 4) is 0 Å². The molecule has 0 radical (unpaired) electrons. The SMILES string of the molecule is CCc1nc2sc(C)cn2c1C(=O)O. The van der Waals surface area contributed by atoms with Crippen molar-refractivity contribution in [2.24, 2.45) is 0 Å². The molecular weight excluding hydrogens is 200 g/mol. The maximum atomic E-state index is 11.0. The smallest absolute Gasteiger partial charge is 0.354 e. The molecule has 0 amide bonds. The summed E-state index contributed by atoms with van der Waals surface area (Å²) in [5, 5.41) is 9.04. The number of thiazole rings is 1. The fourth-order valence-corrected chi connectivity index (χ4v) is 2.32. The van der Waals surface area contributed by atoms with E-state index in [4.69, 9.17) is 5.11 Å². The van der Waals surface area contributed by atoms with Crippen molar-refractivity contribution in [2.45, 2.75) is 20.3 Å². The van der Waals surface area contributed by atoms with Gasteiger partial charge in [-0.3, -0.25) is 4.40 Å². The first-order valence-electron chi connectivity index (χ1n) is 4.34. The zero-order valence-electron chi connectivity index (χ0n) is 7.94. The van der Waals surface area contributed by atoms with Crippen LogP contribution in [0.5, 0.6) is 0 Å². The lowest BCUT2D eigenvalue weighted by atomic mass is 10.2. The Labute approximate surface area is 84.8 Å². The lowest BCUT2D eigenvalue weighted by Crippen LogP contribution is -2.04. The van der Waals surface area contributed by atoms with Crippen LogP contribution in [0.25, 0.3) is 4.96 Å². The molecule has 2 aromatic rings. The molecule has 0 bridgehead atoms. The second-order valence-corrected chi connectivity index (χ2v) is 4.27. The number of nitrogens with zero attached hydrogens (tertiary/aromatic N) is 2. The normalized spacial score (nSPS) is 11.0. The predicted molar refractivity (Wildman–Crippen MR) is 54.1 cm³/mol. The maximum Gasteiger partial charge on any atom is 0.354 e. The number of carbonyl (C=O) groups is 1. The quantitative estimate of drug-likeness (QED) is 0.824. The molecule has 5 heteroatoms. The van der Waals surface area contributed by atoms with Gasteiger partial charge in [0.25, 0.3) is 0 Å². The summed E-state index contributed by atoms with van der Waals surface area (Å²) in [6.07, 6.45) is 2.46. The Hall–Kier alpha value is -1.36. The third-order valence-electron chi connectivity index (χ3n) is 2.05. The number of carboxylic acids is 1. The molecule has 74 valence electrons. The van der Waals surface area contributed by atoms with E-state index >= 15 is 0 Å². The van der Waals surface area contributed by atoms with E-state index in [-0.39, 0.29) is 0 Å². The van der Waals surface area contributed by atoms with Crippen LogP contribution < -0.4 is 0 Å². The summed E-state index contributed by atoms with van der Waals surface area (Å²) in [7, 11) is 0. The molecule has 0 atom stereocenters. The van der Waals surface area contributed by atoms with Gasteiger partial charge in [-0.1, -0.05) is 6.92 Å². The standard InChI is InChI=1S/C9H10N2O2S/c1-3-6-7(8(12)13)11-4-5(2)14-9(11)10-6/h4H,3H2,1-2H3,(H,12,13). The van der Waals surface area contributed by atoms with Crippen molar-refractivity contribution in [3.05, 3.63) is 22.5 Å². The van der Waals surface area contributed by atoms with Gasteiger partial charge >= 0.3 is 5.97 Å². The van der Waals surface area contributed by atoms with E-state index in [1.807, 2.05) is 20.0 Å². The van der Waals surface area contributed by atoms with Gasteiger partial charge < -0.3 is 5.11 Å². The molecule has 0 aliphatic carbocycles. The zero-order valence-corrected chi connectivity index (χ0v) is 8.76. The van der Waals surface area contributed by atoms with Crippen LogP contribution in [0, 0.1) is 6.92 Å². The number of aromatic carboxylic acids is 1. The molecule has 2 heterocycles. The van der Waals surface area contributed by atoms with Crippen LogP contribution in [0.1, 0.15) is 28.0 Å². The van der Waals surface area contributed by atoms with Crippen molar-refractivity contribution in [3.63, 3.8) is 0 Å². The molecule has 0 aromatic carbocycles. The number of hydrogen-bond acceptors (Lipinski definition) is 3. The summed E-state index contributed by atoms with van der Waals surface area (Å²) in [4.78, 5) is 17.1. The molecule has 14 heavy (non-hydrogen) atoms. The van der Waals surface area contributed by atoms with Gasteiger partial charge in [0.05, 0.1) is 5.69 Å². The summed E-state index contributed by atoms with van der Waals surface area (Å²) in [6, 6.07) is 0. The Morgan fingerprint density at radius 2 is 2.43 bits per heavy atom. The van der Waals surface area contributed by atoms with E-state index in [0.29, 0.717) is 17.8 Å². The molecular formula is C9H10N2O2S. The molecule has 0 saturated heterocycles. The van der Waals surface area contributed by atoms with Crippen molar-refractivity contribution in [1.29, 1.82) is 0 Å².